The second-order valence-corrected chi connectivity index (χ2v) is 6.54. The number of rotatable bonds is 5. The molecular formula is C22H25NO2. The maximum absolute atomic E-state index is 12.2. The zero-order valence-corrected chi connectivity index (χ0v) is 14.9. The second-order valence-electron chi connectivity index (χ2n) is 6.54. The van der Waals surface area contributed by atoms with E-state index in [4.69, 9.17) is 4.74 Å². The van der Waals surface area contributed by atoms with Crippen molar-refractivity contribution in [3.8, 4) is 5.75 Å². The van der Waals surface area contributed by atoms with Crippen LogP contribution in [0.2, 0.25) is 0 Å². The molecule has 2 aromatic rings. The van der Waals surface area contributed by atoms with Crippen molar-refractivity contribution in [3.63, 3.8) is 0 Å². The Bertz CT molecular complexity index is 779. The smallest absolute Gasteiger partial charge is 0.244 e. The number of methoxy groups -OCH3 is 1. The van der Waals surface area contributed by atoms with Gasteiger partial charge >= 0.3 is 0 Å². The summed E-state index contributed by atoms with van der Waals surface area (Å²) in [6, 6.07) is 14.2. The number of nitrogens with one attached hydrogen (secondary N) is 1. The molecule has 0 heterocycles. The SMILES string of the molecule is COc1ccccc1/C=C/C(=O)N[C@@H](C)c1ccc2c(c1)CCCC2. The number of ether oxygens (including phenoxy) is 1. The van der Waals surface area contributed by atoms with Gasteiger partial charge in [-0.05, 0) is 61.4 Å². The highest BCUT2D eigenvalue weighted by Crippen LogP contribution is 2.25. The van der Waals surface area contributed by atoms with Crippen LogP contribution in [0.4, 0.5) is 0 Å². The average molecular weight is 335 g/mol. The number of para-hydroxylation sites is 1. The minimum absolute atomic E-state index is 0.0120. The van der Waals surface area contributed by atoms with E-state index in [0.29, 0.717) is 0 Å². The Labute approximate surface area is 149 Å². The fraction of sp³-hybridized carbons (Fsp3) is 0.318. The molecule has 1 amide bonds. The van der Waals surface area contributed by atoms with Gasteiger partial charge in [-0.25, -0.2) is 0 Å². The lowest BCUT2D eigenvalue weighted by atomic mass is 9.89. The van der Waals surface area contributed by atoms with E-state index >= 15 is 0 Å². The first-order chi connectivity index (χ1) is 12.2. The van der Waals surface area contributed by atoms with E-state index in [0.717, 1.165) is 17.7 Å². The molecule has 0 aliphatic heterocycles. The van der Waals surface area contributed by atoms with Crippen LogP contribution in [0, 0.1) is 0 Å². The van der Waals surface area contributed by atoms with E-state index in [1.54, 1.807) is 19.3 Å². The molecule has 0 fully saturated rings. The Hall–Kier alpha value is -2.55. The molecule has 0 unspecified atom stereocenters. The first kappa shape index (κ1) is 17.3. The number of carbonyl (C=O) groups is 1. The van der Waals surface area contributed by atoms with E-state index < -0.39 is 0 Å². The summed E-state index contributed by atoms with van der Waals surface area (Å²) in [5.74, 6) is 0.658. The van der Waals surface area contributed by atoms with Crippen LogP contribution in [-0.2, 0) is 17.6 Å². The Morgan fingerprint density at radius 2 is 1.88 bits per heavy atom. The van der Waals surface area contributed by atoms with E-state index in [1.165, 1.54) is 36.0 Å². The Balaban J connectivity index is 1.65. The monoisotopic (exact) mass is 335 g/mol. The molecule has 0 spiro atoms. The standard InChI is InChI=1S/C22H25NO2/c1-16(19-12-11-17-7-3-4-9-20(17)15-19)23-22(24)14-13-18-8-5-6-10-21(18)25-2/h5-6,8,10-16H,3-4,7,9H2,1-2H3,(H,23,24)/b14-13+/t16-/m0/s1. The van der Waals surface area contributed by atoms with Gasteiger partial charge in [0.15, 0.2) is 0 Å². The molecule has 2 aromatic carbocycles. The fourth-order valence-corrected chi connectivity index (χ4v) is 3.34. The molecule has 3 nitrogen and oxygen atoms in total. The minimum Gasteiger partial charge on any atom is -0.496 e. The summed E-state index contributed by atoms with van der Waals surface area (Å²) in [7, 11) is 1.63. The summed E-state index contributed by atoms with van der Waals surface area (Å²) in [5.41, 5.74) is 4.96. The Morgan fingerprint density at radius 3 is 2.68 bits per heavy atom. The lowest BCUT2D eigenvalue weighted by Gasteiger charge is -2.19. The first-order valence-electron chi connectivity index (χ1n) is 8.90. The number of carbonyl (C=O) groups excluding carboxylic acids is 1. The molecule has 0 radical (unpaired) electrons. The van der Waals surface area contributed by atoms with Crippen LogP contribution in [0.25, 0.3) is 6.08 Å². The van der Waals surface area contributed by atoms with Gasteiger partial charge in [0.1, 0.15) is 5.75 Å². The zero-order chi connectivity index (χ0) is 17.6. The molecule has 1 aliphatic rings. The number of fused-ring (bicyclic) bond motifs is 1. The van der Waals surface area contributed by atoms with E-state index in [9.17, 15) is 4.79 Å². The van der Waals surface area contributed by atoms with Crippen molar-refractivity contribution in [2.75, 3.05) is 7.11 Å². The van der Waals surface area contributed by atoms with Gasteiger partial charge in [0.25, 0.3) is 0 Å². The highest BCUT2D eigenvalue weighted by molar-refractivity contribution is 5.92. The summed E-state index contributed by atoms with van der Waals surface area (Å²) in [5, 5.41) is 3.04. The topological polar surface area (TPSA) is 38.3 Å². The summed E-state index contributed by atoms with van der Waals surface area (Å²) < 4.78 is 5.30. The van der Waals surface area contributed by atoms with Crippen LogP contribution in [0.3, 0.4) is 0 Å². The van der Waals surface area contributed by atoms with Crippen LogP contribution in [0.5, 0.6) is 5.75 Å². The number of hydrogen-bond donors (Lipinski definition) is 1. The highest BCUT2D eigenvalue weighted by Gasteiger charge is 2.13. The normalized spacial score (nSPS) is 14.8. The summed E-state index contributed by atoms with van der Waals surface area (Å²) in [4.78, 5) is 12.2. The van der Waals surface area contributed by atoms with Gasteiger partial charge in [-0.1, -0.05) is 36.4 Å². The largest absolute Gasteiger partial charge is 0.496 e. The van der Waals surface area contributed by atoms with Crippen LogP contribution in [0.15, 0.2) is 48.5 Å². The van der Waals surface area contributed by atoms with Crippen molar-refractivity contribution in [3.05, 3.63) is 70.8 Å². The zero-order valence-electron chi connectivity index (χ0n) is 14.9. The molecule has 0 aromatic heterocycles. The van der Waals surface area contributed by atoms with Gasteiger partial charge in [-0.3, -0.25) is 4.79 Å². The van der Waals surface area contributed by atoms with Gasteiger partial charge in [-0.15, -0.1) is 0 Å². The van der Waals surface area contributed by atoms with Gasteiger partial charge in [0.2, 0.25) is 5.91 Å². The molecule has 1 atom stereocenters. The van der Waals surface area contributed by atoms with Crippen molar-refractivity contribution < 1.29 is 9.53 Å². The Morgan fingerprint density at radius 1 is 1.12 bits per heavy atom. The third-order valence-electron chi connectivity index (χ3n) is 4.78. The van der Waals surface area contributed by atoms with Crippen molar-refractivity contribution in [1.82, 2.24) is 5.32 Å². The molecule has 3 heteroatoms. The first-order valence-corrected chi connectivity index (χ1v) is 8.90. The molecule has 3 rings (SSSR count). The minimum atomic E-state index is -0.101. The number of benzene rings is 2. The predicted octanol–water partition coefficient (Wildman–Crippen LogP) is 4.46. The average Bonchev–Trinajstić information content (AvgIpc) is 2.66. The molecular weight excluding hydrogens is 310 g/mol. The highest BCUT2D eigenvalue weighted by atomic mass is 16.5. The molecule has 0 saturated carbocycles. The van der Waals surface area contributed by atoms with Crippen molar-refractivity contribution in [1.29, 1.82) is 0 Å². The fourth-order valence-electron chi connectivity index (χ4n) is 3.34. The van der Waals surface area contributed by atoms with Crippen molar-refractivity contribution in [2.45, 2.75) is 38.6 Å². The molecule has 0 saturated heterocycles. The number of amides is 1. The third-order valence-corrected chi connectivity index (χ3v) is 4.78. The second kappa shape index (κ2) is 8.02. The lowest BCUT2D eigenvalue weighted by molar-refractivity contribution is -0.117. The molecule has 0 bridgehead atoms. The summed E-state index contributed by atoms with van der Waals surface area (Å²) in [6.45, 7) is 2.03. The molecule has 1 N–H and O–H groups in total. The van der Waals surface area contributed by atoms with Crippen LogP contribution >= 0.6 is 0 Å². The maximum Gasteiger partial charge on any atom is 0.244 e. The van der Waals surface area contributed by atoms with Crippen molar-refractivity contribution in [2.24, 2.45) is 0 Å². The van der Waals surface area contributed by atoms with Crippen LogP contribution in [-0.4, -0.2) is 13.0 Å². The van der Waals surface area contributed by atoms with E-state index in [1.807, 2.05) is 31.2 Å². The van der Waals surface area contributed by atoms with Gasteiger partial charge < -0.3 is 10.1 Å². The molecule has 25 heavy (non-hydrogen) atoms. The van der Waals surface area contributed by atoms with Gasteiger partial charge in [-0.2, -0.15) is 0 Å². The summed E-state index contributed by atoms with van der Waals surface area (Å²) >= 11 is 0. The van der Waals surface area contributed by atoms with E-state index in [-0.39, 0.29) is 11.9 Å². The molecule has 130 valence electrons. The molecule has 1 aliphatic carbocycles. The van der Waals surface area contributed by atoms with Crippen LogP contribution < -0.4 is 10.1 Å². The maximum atomic E-state index is 12.2. The predicted molar refractivity (Wildman–Crippen MR) is 102 cm³/mol. The summed E-state index contributed by atoms with van der Waals surface area (Å²) in [6.07, 6.45) is 8.22. The van der Waals surface area contributed by atoms with Gasteiger partial charge in [0.05, 0.1) is 13.2 Å². The third kappa shape index (κ3) is 4.30. The quantitative estimate of drug-likeness (QED) is 0.819. The van der Waals surface area contributed by atoms with E-state index in [2.05, 4.69) is 23.5 Å². The number of aryl methyl sites for hydroxylation is 2. The number of hydrogen-bond acceptors (Lipinski definition) is 2. The Kier molecular flexibility index (Phi) is 5.54. The van der Waals surface area contributed by atoms with Crippen LogP contribution in [0.1, 0.15) is 48.1 Å². The lowest BCUT2D eigenvalue weighted by Crippen LogP contribution is -2.24. The van der Waals surface area contributed by atoms with Crippen molar-refractivity contribution >= 4 is 12.0 Å². The van der Waals surface area contributed by atoms with Gasteiger partial charge in [0, 0.05) is 11.6 Å².